The van der Waals surface area contributed by atoms with Crippen molar-refractivity contribution in [1.82, 2.24) is 9.47 Å². The van der Waals surface area contributed by atoms with E-state index in [9.17, 15) is 19.1 Å². The molecule has 4 rings (SSSR count). The zero-order valence-corrected chi connectivity index (χ0v) is 17.9. The first-order valence-electron chi connectivity index (χ1n) is 10.7. The second-order valence-corrected chi connectivity index (χ2v) is 8.03. The topological polar surface area (TPSA) is 65.8 Å². The van der Waals surface area contributed by atoms with Crippen LogP contribution in [0.2, 0.25) is 0 Å². The lowest BCUT2D eigenvalue weighted by Crippen LogP contribution is -2.46. The van der Waals surface area contributed by atoms with Gasteiger partial charge >= 0.3 is 5.97 Å². The summed E-state index contributed by atoms with van der Waals surface area (Å²) < 4.78 is 30.0. The molecule has 0 atom stereocenters. The van der Waals surface area contributed by atoms with E-state index < -0.39 is 28.6 Å². The number of aromatic nitrogens is 1. The predicted octanol–water partition coefficient (Wildman–Crippen LogP) is 3.89. The fourth-order valence-electron chi connectivity index (χ4n) is 4.14. The lowest BCUT2D eigenvalue weighted by molar-refractivity contribution is 0.0695. The Morgan fingerprint density at radius 2 is 1.75 bits per heavy atom. The van der Waals surface area contributed by atoms with E-state index in [1.807, 2.05) is 4.90 Å². The van der Waals surface area contributed by atoms with Crippen molar-refractivity contribution in [2.45, 2.75) is 19.8 Å². The molecule has 0 spiro atoms. The van der Waals surface area contributed by atoms with Gasteiger partial charge < -0.3 is 14.6 Å². The first-order valence-corrected chi connectivity index (χ1v) is 10.7. The minimum Gasteiger partial charge on any atom is -0.477 e. The summed E-state index contributed by atoms with van der Waals surface area (Å²) in [6.07, 6.45) is 3.46. The number of nitrogens with zero attached hydrogens (tertiary/aromatic N) is 3. The van der Waals surface area contributed by atoms with E-state index in [0.29, 0.717) is 30.0 Å². The van der Waals surface area contributed by atoms with Crippen LogP contribution in [0.5, 0.6) is 0 Å². The van der Waals surface area contributed by atoms with Gasteiger partial charge in [-0.15, -0.1) is 0 Å². The summed E-state index contributed by atoms with van der Waals surface area (Å²) >= 11 is 0. The van der Waals surface area contributed by atoms with Crippen LogP contribution in [-0.4, -0.2) is 53.3 Å². The second kappa shape index (κ2) is 9.08. The molecule has 1 aliphatic rings. The largest absolute Gasteiger partial charge is 0.477 e. The minimum absolute atomic E-state index is 0.0305. The summed E-state index contributed by atoms with van der Waals surface area (Å²) in [6, 6.07) is 8.17. The molecule has 3 aromatic rings. The molecule has 2 heterocycles. The van der Waals surface area contributed by atoms with Crippen molar-refractivity contribution >= 4 is 22.6 Å². The number of fused-ring (bicyclic) bond motifs is 1. The SMILES string of the molecule is CCCCN1CCN(c2cc3c(cc2F)c(=O)c(C(=O)O)cn3-c2ccc(F)cc2)CC1. The highest BCUT2D eigenvalue weighted by atomic mass is 19.1. The highest BCUT2D eigenvalue weighted by Crippen LogP contribution is 2.28. The van der Waals surface area contributed by atoms with E-state index in [1.54, 1.807) is 6.07 Å². The third kappa shape index (κ3) is 4.23. The summed E-state index contributed by atoms with van der Waals surface area (Å²) in [7, 11) is 0. The monoisotopic (exact) mass is 441 g/mol. The van der Waals surface area contributed by atoms with Crippen molar-refractivity contribution in [3.05, 3.63) is 70.0 Å². The van der Waals surface area contributed by atoms with Crippen molar-refractivity contribution in [2.24, 2.45) is 0 Å². The van der Waals surface area contributed by atoms with Gasteiger partial charge in [0.1, 0.15) is 17.2 Å². The number of carboxylic acids is 1. The van der Waals surface area contributed by atoms with Gasteiger partial charge in [-0.3, -0.25) is 9.69 Å². The van der Waals surface area contributed by atoms with Crippen LogP contribution in [0.1, 0.15) is 30.1 Å². The molecule has 1 aliphatic heterocycles. The average Bonchev–Trinajstić information content (AvgIpc) is 2.79. The molecule has 1 fully saturated rings. The molecule has 2 aromatic carbocycles. The highest BCUT2D eigenvalue weighted by Gasteiger charge is 2.22. The van der Waals surface area contributed by atoms with Crippen molar-refractivity contribution in [3.8, 4) is 5.69 Å². The van der Waals surface area contributed by atoms with Crippen molar-refractivity contribution in [1.29, 1.82) is 0 Å². The third-order valence-electron chi connectivity index (χ3n) is 5.95. The van der Waals surface area contributed by atoms with Gasteiger partial charge in [-0.2, -0.15) is 0 Å². The molecular formula is C24H25F2N3O3. The number of carbonyl (C=O) groups is 1. The maximum atomic E-state index is 15.1. The molecule has 6 nitrogen and oxygen atoms in total. The van der Waals surface area contributed by atoms with E-state index in [-0.39, 0.29) is 5.39 Å². The van der Waals surface area contributed by atoms with Crippen LogP contribution in [0.25, 0.3) is 16.6 Å². The van der Waals surface area contributed by atoms with Crippen LogP contribution in [0, 0.1) is 11.6 Å². The van der Waals surface area contributed by atoms with Gasteiger partial charge in [0.05, 0.1) is 11.2 Å². The first kappa shape index (κ1) is 22.0. The van der Waals surface area contributed by atoms with E-state index in [2.05, 4.69) is 11.8 Å². The van der Waals surface area contributed by atoms with Crippen molar-refractivity contribution in [2.75, 3.05) is 37.6 Å². The third-order valence-corrected chi connectivity index (χ3v) is 5.95. The maximum Gasteiger partial charge on any atom is 0.341 e. The molecule has 0 unspecified atom stereocenters. The maximum absolute atomic E-state index is 15.1. The molecule has 1 aromatic heterocycles. The van der Waals surface area contributed by atoms with Crippen molar-refractivity contribution < 1.29 is 18.7 Å². The standard InChI is InChI=1S/C24H25F2N3O3/c1-2-3-8-27-9-11-28(12-10-27)22-14-21-18(13-20(22)26)23(30)19(24(31)32)15-29(21)17-6-4-16(25)5-7-17/h4-7,13-15H,2-3,8-12H2,1H3,(H,31,32). The van der Waals surface area contributed by atoms with Gasteiger partial charge in [-0.25, -0.2) is 13.6 Å². The number of pyridine rings is 1. The fraction of sp³-hybridized carbons (Fsp3) is 0.333. The van der Waals surface area contributed by atoms with Gasteiger partial charge in [0.15, 0.2) is 0 Å². The molecule has 32 heavy (non-hydrogen) atoms. The number of carboxylic acid groups (broad SMARTS) is 1. The number of halogens is 2. The van der Waals surface area contributed by atoms with Gasteiger partial charge in [0.2, 0.25) is 5.43 Å². The first-order chi connectivity index (χ1) is 15.4. The number of aromatic carboxylic acids is 1. The molecular weight excluding hydrogens is 416 g/mol. The normalized spacial score (nSPS) is 14.8. The quantitative estimate of drug-likeness (QED) is 0.629. The summed E-state index contributed by atoms with van der Waals surface area (Å²) in [5.74, 6) is -2.41. The van der Waals surface area contributed by atoms with Crippen LogP contribution in [0.3, 0.4) is 0 Å². The number of anilines is 1. The number of unbranched alkanes of at least 4 members (excludes halogenated alkanes) is 1. The molecule has 0 radical (unpaired) electrons. The van der Waals surface area contributed by atoms with E-state index >= 15 is 4.39 Å². The van der Waals surface area contributed by atoms with E-state index in [0.717, 1.165) is 38.5 Å². The summed E-state index contributed by atoms with van der Waals surface area (Å²) in [4.78, 5) is 28.7. The highest BCUT2D eigenvalue weighted by molar-refractivity contribution is 5.94. The number of hydrogen-bond acceptors (Lipinski definition) is 4. The zero-order chi connectivity index (χ0) is 22.8. The lowest BCUT2D eigenvalue weighted by Gasteiger charge is -2.36. The Morgan fingerprint density at radius 3 is 2.38 bits per heavy atom. The van der Waals surface area contributed by atoms with E-state index in [4.69, 9.17) is 0 Å². The fourth-order valence-corrected chi connectivity index (χ4v) is 4.14. The molecule has 0 amide bonds. The summed E-state index contributed by atoms with van der Waals surface area (Å²) in [5, 5.41) is 9.44. The Kier molecular flexibility index (Phi) is 6.23. The average molecular weight is 441 g/mol. The number of piperazine rings is 1. The van der Waals surface area contributed by atoms with Crippen LogP contribution in [-0.2, 0) is 0 Å². The Hall–Kier alpha value is -3.26. The van der Waals surface area contributed by atoms with Crippen molar-refractivity contribution in [3.63, 3.8) is 0 Å². The molecule has 0 saturated carbocycles. The molecule has 8 heteroatoms. The van der Waals surface area contributed by atoms with Gasteiger partial charge in [-0.1, -0.05) is 13.3 Å². The molecule has 0 aliphatic carbocycles. The Balaban J connectivity index is 1.81. The Bertz CT molecular complexity index is 1200. The van der Waals surface area contributed by atoms with Gasteiger partial charge in [-0.05, 0) is 49.4 Å². The van der Waals surface area contributed by atoms with Gasteiger partial charge in [0, 0.05) is 43.4 Å². The zero-order valence-electron chi connectivity index (χ0n) is 17.9. The van der Waals surface area contributed by atoms with Crippen LogP contribution in [0.4, 0.5) is 14.5 Å². The second-order valence-electron chi connectivity index (χ2n) is 8.03. The minimum atomic E-state index is -1.40. The lowest BCUT2D eigenvalue weighted by atomic mass is 10.1. The molecule has 1 N–H and O–H groups in total. The smallest absolute Gasteiger partial charge is 0.341 e. The van der Waals surface area contributed by atoms with Crippen LogP contribution < -0.4 is 10.3 Å². The number of benzene rings is 2. The molecule has 1 saturated heterocycles. The Labute approximate surface area is 184 Å². The molecule has 0 bridgehead atoms. The van der Waals surface area contributed by atoms with Gasteiger partial charge in [0.25, 0.3) is 0 Å². The number of rotatable bonds is 6. The summed E-state index contributed by atoms with van der Waals surface area (Å²) in [5.41, 5.74) is -0.0116. The Morgan fingerprint density at radius 1 is 1.06 bits per heavy atom. The number of hydrogen-bond donors (Lipinski definition) is 1. The predicted molar refractivity (Wildman–Crippen MR) is 120 cm³/mol. The van der Waals surface area contributed by atoms with Crippen LogP contribution >= 0.6 is 0 Å². The van der Waals surface area contributed by atoms with Crippen LogP contribution in [0.15, 0.2) is 47.4 Å². The molecule has 168 valence electrons. The summed E-state index contributed by atoms with van der Waals surface area (Å²) in [6.45, 7) is 6.12. The van der Waals surface area contributed by atoms with E-state index in [1.165, 1.54) is 35.0 Å².